The quantitative estimate of drug-likeness (QED) is 0.529. The van der Waals surface area contributed by atoms with Crippen molar-refractivity contribution < 1.29 is 9.53 Å². The summed E-state index contributed by atoms with van der Waals surface area (Å²) in [5, 5.41) is 3.46. The molecule has 0 saturated heterocycles. The van der Waals surface area contributed by atoms with Crippen LogP contribution in [0.15, 0.2) is 48.7 Å². The van der Waals surface area contributed by atoms with Gasteiger partial charge in [-0.2, -0.15) is 0 Å². The molecule has 1 aliphatic rings. The maximum absolute atomic E-state index is 12.3. The molecular formula is C25H28N2O2S. The van der Waals surface area contributed by atoms with Gasteiger partial charge in [-0.1, -0.05) is 44.2 Å². The normalized spacial score (nSPS) is 13.2. The van der Waals surface area contributed by atoms with Crippen molar-refractivity contribution in [3.63, 3.8) is 0 Å². The SMILES string of the molecule is CC(C)c1ccc(Cc2cnc(NC(=O)COc3ccc4c(c3)CCCC4)s2)cc1. The van der Waals surface area contributed by atoms with E-state index in [4.69, 9.17) is 4.74 Å². The number of anilines is 1. The molecule has 0 spiro atoms. The highest BCUT2D eigenvalue weighted by Crippen LogP contribution is 2.26. The first-order chi connectivity index (χ1) is 14.6. The number of carbonyl (C=O) groups excluding carboxylic acids is 1. The van der Waals surface area contributed by atoms with Crippen LogP contribution in [0.25, 0.3) is 0 Å². The van der Waals surface area contributed by atoms with Crippen molar-refractivity contribution in [2.75, 3.05) is 11.9 Å². The van der Waals surface area contributed by atoms with Crippen LogP contribution in [0.4, 0.5) is 5.13 Å². The molecule has 1 aliphatic carbocycles. The highest BCUT2D eigenvalue weighted by molar-refractivity contribution is 7.15. The summed E-state index contributed by atoms with van der Waals surface area (Å²) in [6.07, 6.45) is 7.38. The first-order valence-electron chi connectivity index (χ1n) is 10.6. The van der Waals surface area contributed by atoms with Gasteiger partial charge >= 0.3 is 0 Å². The Labute approximate surface area is 182 Å². The first kappa shape index (κ1) is 20.6. The summed E-state index contributed by atoms with van der Waals surface area (Å²) in [6, 6.07) is 14.9. The Morgan fingerprint density at radius 1 is 1.10 bits per heavy atom. The van der Waals surface area contributed by atoms with E-state index in [0.717, 1.165) is 29.9 Å². The molecule has 0 radical (unpaired) electrons. The maximum atomic E-state index is 12.3. The number of carbonyl (C=O) groups is 1. The van der Waals surface area contributed by atoms with E-state index in [2.05, 4.69) is 60.5 Å². The zero-order valence-corrected chi connectivity index (χ0v) is 18.4. The molecule has 0 aliphatic heterocycles. The van der Waals surface area contributed by atoms with E-state index in [-0.39, 0.29) is 12.5 Å². The van der Waals surface area contributed by atoms with Gasteiger partial charge in [0.25, 0.3) is 5.91 Å². The zero-order chi connectivity index (χ0) is 20.9. The van der Waals surface area contributed by atoms with Gasteiger partial charge in [0, 0.05) is 17.5 Å². The largest absolute Gasteiger partial charge is 0.484 e. The Bertz CT molecular complexity index is 1010. The Balaban J connectivity index is 1.28. The number of aryl methyl sites for hydroxylation is 2. The maximum Gasteiger partial charge on any atom is 0.264 e. The molecule has 1 N–H and O–H groups in total. The van der Waals surface area contributed by atoms with Gasteiger partial charge in [0.2, 0.25) is 0 Å². The number of aromatic nitrogens is 1. The highest BCUT2D eigenvalue weighted by atomic mass is 32.1. The molecular weight excluding hydrogens is 392 g/mol. The lowest BCUT2D eigenvalue weighted by Gasteiger charge is -2.16. The summed E-state index contributed by atoms with van der Waals surface area (Å²) in [6.45, 7) is 4.38. The van der Waals surface area contributed by atoms with E-state index in [1.54, 1.807) is 0 Å². The molecule has 30 heavy (non-hydrogen) atoms. The van der Waals surface area contributed by atoms with E-state index < -0.39 is 0 Å². The summed E-state index contributed by atoms with van der Waals surface area (Å²) >= 11 is 1.51. The second kappa shape index (κ2) is 9.43. The lowest BCUT2D eigenvalue weighted by molar-refractivity contribution is -0.118. The third-order valence-electron chi connectivity index (χ3n) is 5.51. The monoisotopic (exact) mass is 420 g/mol. The minimum absolute atomic E-state index is 0.00956. The molecule has 1 heterocycles. The molecule has 3 aromatic rings. The third-order valence-corrected chi connectivity index (χ3v) is 6.43. The number of hydrogen-bond acceptors (Lipinski definition) is 4. The van der Waals surface area contributed by atoms with Crippen molar-refractivity contribution in [1.29, 1.82) is 0 Å². The summed E-state index contributed by atoms with van der Waals surface area (Å²) in [4.78, 5) is 17.7. The van der Waals surface area contributed by atoms with Crippen molar-refractivity contribution in [2.24, 2.45) is 0 Å². The van der Waals surface area contributed by atoms with Gasteiger partial charge in [-0.15, -0.1) is 11.3 Å². The van der Waals surface area contributed by atoms with Gasteiger partial charge in [0.15, 0.2) is 11.7 Å². The number of nitrogens with zero attached hydrogens (tertiary/aromatic N) is 1. The molecule has 4 nitrogen and oxygen atoms in total. The topological polar surface area (TPSA) is 51.2 Å². The van der Waals surface area contributed by atoms with Gasteiger partial charge in [-0.25, -0.2) is 4.98 Å². The minimum Gasteiger partial charge on any atom is -0.484 e. The van der Waals surface area contributed by atoms with Crippen molar-refractivity contribution >= 4 is 22.4 Å². The minimum atomic E-state index is -0.185. The number of benzene rings is 2. The number of rotatable bonds is 7. The average molecular weight is 421 g/mol. The number of amides is 1. The average Bonchev–Trinajstić information content (AvgIpc) is 3.19. The molecule has 0 bridgehead atoms. The number of fused-ring (bicyclic) bond motifs is 1. The molecule has 0 unspecified atom stereocenters. The van der Waals surface area contributed by atoms with Crippen molar-refractivity contribution in [3.05, 3.63) is 75.8 Å². The smallest absolute Gasteiger partial charge is 0.264 e. The van der Waals surface area contributed by atoms with Gasteiger partial charge in [0.1, 0.15) is 5.75 Å². The van der Waals surface area contributed by atoms with Crippen molar-refractivity contribution in [2.45, 2.75) is 51.9 Å². The standard InChI is InChI=1S/C25H28N2O2S/c1-17(2)19-9-7-18(8-10-19)13-23-15-26-25(30-23)27-24(28)16-29-22-12-11-20-5-3-4-6-21(20)14-22/h7-12,14-15,17H,3-6,13,16H2,1-2H3,(H,26,27,28). The van der Waals surface area contributed by atoms with Crippen LogP contribution in [0.3, 0.4) is 0 Å². The van der Waals surface area contributed by atoms with Crippen LogP contribution >= 0.6 is 11.3 Å². The Kier molecular flexibility index (Phi) is 6.48. The first-order valence-corrected chi connectivity index (χ1v) is 11.5. The predicted molar refractivity (Wildman–Crippen MR) is 123 cm³/mol. The summed E-state index contributed by atoms with van der Waals surface area (Å²) in [5.74, 6) is 1.11. The summed E-state index contributed by atoms with van der Waals surface area (Å²) in [7, 11) is 0. The second-order valence-electron chi connectivity index (χ2n) is 8.18. The molecule has 156 valence electrons. The number of hydrogen-bond donors (Lipinski definition) is 1. The second-order valence-corrected chi connectivity index (χ2v) is 9.29. The lowest BCUT2D eigenvalue weighted by atomic mass is 9.92. The molecule has 1 aromatic heterocycles. The van der Waals surface area contributed by atoms with Crippen molar-refractivity contribution in [1.82, 2.24) is 4.98 Å². The molecule has 2 aromatic carbocycles. The Hall–Kier alpha value is -2.66. The van der Waals surface area contributed by atoms with Crippen LogP contribution in [0.5, 0.6) is 5.75 Å². The van der Waals surface area contributed by atoms with Gasteiger partial charge in [-0.3, -0.25) is 10.1 Å². The molecule has 0 atom stereocenters. The highest BCUT2D eigenvalue weighted by Gasteiger charge is 2.12. The van der Waals surface area contributed by atoms with Gasteiger partial charge in [-0.05, 0) is 66.0 Å². The summed E-state index contributed by atoms with van der Waals surface area (Å²) < 4.78 is 5.70. The fourth-order valence-corrected chi connectivity index (χ4v) is 4.64. The molecule has 0 saturated carbocycles. The van der Waals surface area contributed by atoms with E-state index in [1.165, 1.54) is 46.4 Å². The third kappa shape index (κ3) is 5.28. The van der Waals surface area contributed by atoms with E-state index in [0.29, 0.717) is 11.0 Å². The molecule has 0 fully saturated rings. The molecule has 4 rings (SSSR count). The van der Waals surface area contributed by atoms with E-state index in [1.807, 2.05) is 12.3 Å². The van der Waals surface area contributed by atoms with E-state index >= 15 is 0 Å². The van der Waals surface area contributed by atoms with Crippen LogP contribution < -0.4 is 10.1 Å². The number of ether oxygens (including phenoxy) is 1. The molecule has 5 heteroatoms. The van der Waals surface area contributed by atoms with Gasteiger partial charge < -0.3 is 4.74 Å². The Morgan fingerprint density at radius 3 is 2.63 bits per heavy atom. The van der Waals surface area contributed by atoms with Crippen LogP contribution in [-0.2, 0) is 24.1 Å². The number of nitrogens with one attached hydrogen (secondary N) is 1. The van der Waals surface area contributed by atoms with Crippen molar-refractivity contribution in [3.8, 4) is 5.75 Å². The lowest BCUT2D eigenvalue weighted by Crippen LogP contribution is -2.20. The zero-order valence-electron chi connectivity index (χ0n) is 17.6. The van der Waals surface area contributed by atoms with Gasteiger partial charge in [0.05, 0.1) is 0 Å². The van der Waals surface area contributed by atoms with Crippen LogP contribution in [0.2, 0.25) is 0 Å². The van der Waals surface area contributed by atoms with Crippen LogP contribution in [0, 0.1) is 0 Å². The van der Waals surface area contributed by atoms with Crippen LogP contribution in [0.1, 0.15) is 59.7 Å². The fourth-order valence-electron chi connectivity index (χ4n) is 3.77. The fraction of sp³-hybridized carbons (Fsp3) is 0.360. The number of thiazole rings is 1. The molecule has 1 amide bonds. The summed E-state index contributed by atoms with van der Waals surface area (Å²) in [5.41, 5.74) is 5.35. The van der Waals surface area contributed by atoms with Crippen LogP contribution in [-0.4, -0.2) is 17.5 Å². The predicted octanol–water partition coefficient (Wildman–Crippen LogP) is 5.75. The van der Waals surface area contributed by atoms with E-state index in [9.17, 15) is 4.79 Å². The Morgan fingerprint density at radius 2 is 1.87 bits per heavy atom.